The van der Waals surface area contributed by atoms with Crippen LogP contribution in [0.25, 0.3) is 6.08 Å². The first kappa shape index (κ1) is 17.4. The Morgan fingerprint density at radius 2 is 1.82 bits per heavy atom. The van der Waals surface area contributed by atoms with Gasteiger partial charge in [0.05, 0.1) is 12.0 Å². The summed E-state index contributed by atoms with van der Waals surface area (Å²) in [7, 11) is 1.30. The van der Waals surface area contributed by atoms with Gasteiger partial charge < -0.3 is 9.47 Å². The summed E-state index contributed by atoms with van der Waals surface area (Å²) in [5, 5.41) is 10.2. The van der Waals surface area contributed by atoms with Gasteiger partial charge in [0.2, 0.25) is 6.20 Å². The van der Waals surface area contributed by atoms with E-state index in [9.17, 15) is 19.7 Å². The van der Waals surface area contributed by atoms with E-state index in [0.29, 0.717) is 12.0 Å². The Balaban J connectivity index is 2.33. The number of esters is 2. The molecule has 0 saturated heterocycles. The average molecular weight is 307 g/mol. The van der Waals surface area contributed by atoms with Crippen molar-refractivity contribution in [2.45, 2.75) is 25.9 Å². The first-order valence-corrected chi connectivity index (χ1v) is 6.64. The highest BCUT2D eigenvalue weighted by atomic mass is 16.6. The van der Waals surface area contributed by atoms with Crippen LogP contribution in [0, 0.1) is 10.1 Å². The van der Waals surface area contributed by atoms with Crippen LogP contribution in [0.15, 0.2) is 30.5 Å². The van der Waals surface area contributed by atoms with Crippen LogP contribution in [-0.2, 0) is 25.7 Å². The average Bonchev–Trinajstić information content (AvgIpc) is 2.51. The van der Waals surface area contributed by atoms with Crippen LogP contribution in [0.1, 0.15) is 30.4 Å². The van der Waals surface area contributed by atoms with Crippen molar-refractivity contribution < 1.29 is 24.0 Å². The summed E-state index contributed by atoms with van der Waals surface area (Å²) < 4.78 is 9.53. The standard InChI is InChI=1S/C15H17NO6/c1-21-14(17)3-2-4-15(18)22-11-13-7-5-12(6-8-13)9-10-16(19)20/h5-10H,2-4,11H2,1H3/b10-9+. The van der Waals surface area contributed by atoms with E-state index in [2.05, 4.69) is 4.74 Å². The van der Waals surface area contributed by atoms with E-state index in [1.165, 1.54) is 13.2 Å². The molecule has 1 aromatic carbocycles. The molecule has 0 aliphatic carbocycles. The molecule has 0 amide bonds. The van der Waals surface area contributed by atoms with Gasteiger partial charge in [-0.15, -0.1) is 0 Å². The first-order valence-electron chi connectivity index (χ1n) is 6.64. The highest BCUT2D eigenvalue weighted by molar-refractivity contribution is 5.72. The summed E-state index contributed by atoms with van der Waals surface area (Å²) >= 11 is 0. The zero-order chi connectivity index (χ0) is 16.4. The Kier molecular flexibility index (Phi) is 7.32. The second kappa shape index (κ2) is 9.28. The molecule has 0 aliphatic heterocycles. The van der Waals surface area contributed by atoms with Crippen molar-refractivity contribution in [3.05, 3.63) is 51.7 Å². The number of nitrogens with zero attached hydrogens (tertiary/aromatic N) is 1. The molecule has 0 fully saturated rings. The fourth-order valence-electron chi connectivity index (χ4n) is 1.59. The van der Waals surface area contributed by atoms with Crippen molar-refractivity contribution in [1.29, 1.82) is 0 Å². The second-order valence-corrected chi connectivity index (χ2v) is 4.43. The summed E-state index contributed by atoms with van der Waals surface area (Å²) in [4.78, 5) is 32.0. The number of methoxy groups -OCH3 is 1. The molecule has 22 heavy (non-hydrogen) atoms. The number of hydrogen-bond acceptors (Lipinski definition) is 6. The van der Waals surface area contributed by atoms with Crippen LogP contribution in [0.4, 0.5) is 0 Å². The Morgan fingerprint density at radius 3 is 2.41 bits per heavy atom. The van der Waals surface area contributed by atoms with Gasteiger partial charge in [-0.3, -0.25) is 19.7 Å². The second-order valence-electron chi connectivity index (χ2n) is 4.43. The van der Waals surface area contributed by atoms with Crippen molar-refractivity contribution in [2.75, 3.05) is 7.11 Å². The first-order chi connectivity index (χ1) is 10.5. The van der Waals surface area contributed by atoms with Gasteiger partial charge in [-0.2, -0.15) is 0 Å². The highest BCUT2D eigenvalue weighted by Crippen LogP contribution is 2.08. The zero-order valence-electron chi connectivity index (χ0n) is 12.2. The number of carbonyl (C=O) groups is 2. The smallest absolute Gasteiger partial charge is 0.306 e. The molecule has 0 saturated carbocycles. The lowest BCUT2D eigenvalue weighted by molar-refractivity contribution is -0.400. The predicted octanol–water partition coefficient (Wildman–Crippen LogP) is 2.32. The van der Waals surface area contributed by atoms with Crippen molar-refractivity contribution in [1.82, 2.24) is 0 Å². The fourth-order valence-corrected chi connectivity index (χ4v) is 1.59. The molecule has 0 radical (unpaired) electrons. The van der Waals surface area contributed by atoms with Crippen LogP contribution in [0.2, 0.25) is 0 Å². The monoisotopic (exact) mass is 307 g/mol. The maximum atomic E-state index is 11.5. The minimum Gasteiger partial charge on any atom is -0.469 e. The number of carbonyl (C=O) groups excluding carboxylic acids is 2. The molecule has 7 heteroatoms. The van der Waals surface area contributed by atoms with E-state index in [4.69, 9.17) is 4.74 Å². The van der Waals surface area contributed by atoms with Gasteiger partial charge in [-0.1, -0.05) is 24.3 Å². The normalized spacial score (nSPS) is 10.4. The van der Waals surface area contributed by atoms with Crippen molar-refractivity contribution >= 4 is 18.0 Å². The molecule has 0 heterocycles. The third kappa shape index (κ3) is 7.18. The fraction of sp³-hybridized carbons (Fsp3) is 0.333. The lowest BCUT2D eigenvalue weighted by Crippen LogP contribution is -2.06. The van der Waals surface area contributed by atoms with Crippen LogP contribution >= 0.6 is 0 Å². The Morgan fingerprint density at radius 1 is 1.18 bits per heavy atom. The van der Waals surface area contributed by atoms with Crippen molar-refractivity contribution in [3.8, 4) is 0 Å². The number of nitro groups is 1. The zero-order valence-corrected chi connectivity index (χ0v) is 12.2. The molecule has 0 bridgehead atoms. The summed E-state index contributed by atoms with van der Waals surface area (Å²) in [5.74, 6) is -0.743. The molecule has 0 unspecified atom stereocenters. The summed E-state index contributed by atoms with van der Waals surface area (Å²) in [6.07, 6.45) is 2.96. The molecule has 0 aromatic heterocycles. The molecule has 1 rings (SSSR count). The lowest BCUT2D eigenvalue weighted by Gasteiger charge is -2.05. The third-order valence-corrected chi connectivity index (χ3v) is 2.76. The molecule has 7 nitrogen and oxygen atoms in total. The Bertz CT molecular complexity index is 550. The van der Waals surface area contributed by atoms with Gasteiger partial charge in [0.15, 0.2) is 0 Å². The topological polar surface area (TPSA) is 95.7 Å². The highest BCUT2D eigenvalue weighted by Gasteiger charge is 2.06. The third-order valence-electron chi connectivity index (χ3n) is 2.76. The molecule has 0 spiro atoms. The molecule has 0 aliphatic rings. The summed E-state index contributed by atoms with van der Waals surface area (Å²) in [6.45, 7) is 0.121. The predicted molar refractivity (Wildman–Crippen MR) is 78.1 cm³/mol. The van der Waals surface area contributed by atoms with Gasteiger partial charge >= 0.3 is 11.9 Å². The van der Waals surface area contributed by atoms with E-state index in [1.807, 2.05) is 0 Å². The molecule has 118 valence electrons. The SMILES string of the molecule is COC(=O)CCCC(=O)OCc1ccc(/C=C/[N+](=O)[O-])cc1. The van der Waals surface area contributed by atoms with Gasteiger partial charge in [-0.05, 0) is 17.5 Å². The number of hydrogen-bond donors (Lipinski definition) is 0. The van der Waals surface area contributed by atoms with Crippen molar-refractivity contribution in [2.24, 2.45) is 0 Å². The van der Waals surface area contributed by atoms with Crippen LogP contribution in [0.3, 0.4) is 0 Å². The quantitative estimate of drug-likeness (QED) is 0.415. The van der Waals surface area contributed by atoms with E-state index >= 15 is 0 Å². The van der Waals surface area contributed by atoms with Gasteiger partial charge in [0.1, 0.15) is 6.61 Å². The van der Waals surface area contributed by atoms with Crippen LogP contribution < -0.4 is 0 Å². The van der Waals surface area contributed by atoms with E-state index in [1.54, 1.807) is 24.3 Å². The van der Waals surface area contributed by atoms with E-state index in [0.717, 1.165) is 11.8 Å². The van der Waals surface area contributed by atoms with Gasteiger partial charge in [0, 0.05) is 18.9 Å². The van der Waals surface area contributed by atoms with Crippen molar-refractivity contribution in [3.63, 3.8) is 0 Å². The lowest BCUT2D eigenvalue weighted by atomic mass is 10.1. The number of benzene rings is 1. The molecule has 1 aromatic rings. The summed E-state index contributed by atoms with van der Waals surface area (Å²) in [6, 6.07) is 6.84. The molecular weight excluding hydrogens is 290 g/mol. The van der Waals surface area contributed by atoms with Gasteiger partial charge in [0.25, 0.3) is 0 Å². The minimum absolute atomic E-state index is 0.121. The summed E-state index contributed by atoms with van der Waals surface area (Å²) in [5.41, 5.74) is 1.46. The molecule has 0 atom stereocenters. The minimum atomic E-state index is -0.538. The Hall–Kier alpha value is -2.70. The van der Waals surface area contributed by atoms with Crippen LogP contribution in [-0.4, -0.2) is 24.0 Å². The largest absolute Gasteiger partial charge is 0.469 e. The maximum Gasteiger partial charge on any atom is 0.306 e. The Labute approximate surface area is 127 Å². The van der Waals surface area contributed by atoms with Gasteiger partial charge in [-0.25, -0.2) is 0 Å². The van der Waals surface area contributed by atoms with E-state index in [-0.39, 0.29) is 31.4 Å². The van der Waals surface area contributed by atoms with E-state index < -0.39 is 4.92 Å². The molecule has 0 N–H and O–H groups in total. The maximum absolute atomic E-state index is 11.5. The molecular formula is C15H17NO6. The number of rotatable bonds is 8. The number of ether oxygens (including phenoxy) is 2. The van der Waals surface area contributed by atoms with Crippen LogP contribution in [0.5, 0.6) is 0 Å².